The molecule has 0 radical (unpaired) electrons. The molecule has 0 aromatic heterocycles. The van der Waals surface area contributed by atoms with Crippen LogP contribution in [0, 0.1) is 0 Å². The summed E-state index contributed by atoms with van der Waals surface area (Å²) in [5.74, 6) is -0.359. The van der Waals surface area contributed by atoms with Gasteiger partial charge in [0.05, 0.1) is 7.11 Å². The Morgan fingerprint density at radius 3 is 2.42 bits per heavy atom. The number of likely N-dealkylation sites (N-methyl/N-ethyl adjacent to an activating group) is 1. The number of carbonyl (C=O) groups is 1. The molecule has 1 atom stereocenters. The first-order chi connectivity index (χ1) is 5.49. The van der Waals surface area contributed by atoms with Crippen LogP contribution in [-0.4, -0.2) is 43.7 Å². The predicted octanol–water partition coefficient (Wildman–Crippen LogP) is -0.173. The van der Waals surface area contributed by atoms with Crippen LogP contribution in [0.2, 0.25) is 0 Å². The van der Waals surface area contributed by atoms with E-state index in [9.17, 15) is 4.79 Å². The van der Waals surface area contributed by atoms with E-state index in [0.717, 1.165) is 0 Å². The Balaban J connectivity index is 3.83. The summed E-state index contributed by atoms with van der Waals surface area (Å²) < 4.78 is 4.50. The molecular formula is C8H18N2O2. The highest BCUT2D eigenvalue weighted by Gasteiger charge is 2.16. The van der Waals surface area contributed by atoms with Gasteiger partial charge in [-0.05, 0) is 20.9 Å². The number of methoxy groups -OCH3 is 1. The van der Waals surface area contributed by atoms with Crippen molar-refractivity contribution in [1.29, 1.82) is 0 Å². The molecule has 12 heavy (non-hydrogen) atoms. The summed E-state index contributed by atoms with van der Waals surface area (Å²) in [5.41, 5.74) is 5.55. The number of ether oxygens (including phenoxy) is 1. The smallest absolute Gasteiger partial charge is 0.323 e. The van der Waals surface area contributed by atoms with Crippen LogP contribution in [-0.2, 0) is 9.53 Å². The van der Waals surface area contributed by atoms with Crippen molar-refractivity contribution in [1.82, 2.24) is 4.90 Å². The van der Waals surface area contributed by atoms with Crippen molar-refractivity contribution < 1.29 is 9.53 Å². The van der Waals surface area contributed by atoms with Gasteiger partial charge in [-0.3, -0.25) is 4.79 Å². The largest absolute Gasteiger partial charge is 0.468 e. The first-order valence-electron chi connectivity index (χ1n) is 4.02. The molecule has 0 aromatic carbocycles. The molecule has 0 aliphatic heterocycles. The first kappa shape index (κ1) is 11.4. The normalized spacial score (nSPS) is 13.6. The highest BCUT2D eigenvalue weighted by Crippen LogP contribution is 1.95. The Morgan fingerprint density at radius 2 is 2.08 bits per heavy atom. The Bertz CT molecular complexity index is 148. The average molecular weight is 174 g/mol. The fourth-order valence-corrected chi connectivity index (χ4v) is 0.747. The van der Waals surface area contributed by atoms with Crippen LogP contribution in [0.25, 0.3) is 0 Å². The van der Waals surface area contributed by atoms with Gasteiger partial charge < -0.3 is 15.4 Å². The molecule has 0 amide bonds. The number of rotatable bonds is 4. The third-order valence-corrected chi connectivity index (χ3v) is 1.87. The maximum Gasteiger partial charge on any atom is 0.323 e. The van der Waals surface area contributed by atoms with Gasteiger partial charge in [0, 0.05) is 12.6 Å². The second kappa shape index (κ2) is 5.11. The van der Waals surface area contributed by atoms with Crippen molar-refractivity contribution in [2.75, 3.05) is 20.7 Å². The van der Waals surface area contributed by atoms with Crippen LogP contribution in [0.4, 0.5) is 0 Å². The van der Waals surface area contributed by atoms with E-state index in [0.29, 0.717) is 12.6 Å². The standard InChI is InChI=1S/C8H18N2O2/c1-6(2)10(3)5-7(9)8(11)12-4/h6-7H,5,9H2,1-4H3. The molecule has 0 aliphatic carbocycles. The monoisotopic (exact) mass is 174 g/mol. The molecule has 72 valence electrons. The van der Waals surface area contributed by atoms with E-state index in [1.54, 1.807) is 0 Å². The zero-order valence-electron chi connectivity index (χ0n) is 8.20. The molecule has 4 nitrogen and oxygen atoms in total. The Labute approximate surface area is 73.7 Å². The number of nitrogens with two attached hydrogens (primary N) is 1. The van der Waals surface area contributed by atoms with Gasteiger partial charge in [-0.1, -0.05) is 0 Å². The van der Waals surface area contributed by atoms with E-state index in [1.807, 2.05) is 25.8 Å². The van der Waals surface area contributed by atoms with Crippen LogP contribution in [0.5, 0.6) is 0 Å². The second-order valence-electron chi connectivity index (χ2n) is 3.16. The topological polar surface area (TPSA) is 55.6 Å². The number of hydrogen-bond acceptors (Lipinski definition) is 4. The molecule has 0 saturated heterocycles. The van der Waals surface area contributed by atoms with Crippen molar-refractivity contribution >= 4 is 5.97 Å². The van der Waals surface area contributed by atoms with E-state index in [1.165, 1.54) is 7.11 Å². The number of carbonyl (C=O) groups excluding carboxylic acids is 1. The van der Waals surface area contributed by atoms with Crippen molar-refractivity contribution in [3.63, 3.8) is 0 Å². The first-order valence-corrected chi connectivity index (χ1v) is 4.02. The van der Waals surface area contributed by atoms with E-state index < -0.39 is 6.04 Å². The van der Waals surface area contributed by atoms with Gasteiger partial charge in [0.2, 0.25) is 0 Å². The molecule has 0 heterocycles. The Hall–Kier alpha value is -0.610. The van der Waals surface area contributed by atoms with Gasteiger partial charge in [-0.15, -0.1) is 0 Å². The lowest BCUT2D eigenvalue weighted by molar-refractivity contribution is -0.142. The highest BCUT2D eigenvalue weighted by atomic mass is 16.5. The van der Waals surface area contributed by atoms with E-state index in [-0.39, 0.29) is 5.97 Å². The van der Waals surface area contributed by atoms with Crippen molar-refractivity contribution in [3.05, 3.63) is 0 Å². The summed E-state index contributed by atoms with van der Waals surface area (Å²) in [5, 5.41) is 0. The molecule has 0 aliphatic rings. The Morgan fingerprint density at radius 1 is 1.58 bits per heavy atom. The van der Waals surface area contributed by atoms with E-state index >= 15 is 0 Å². The van der Waals surface area contributed by atoms with Crippen LogP contribution in [0.3, 0.4) is 0 Å². The average Bonchev–Trinajstić information content (AvgIpc) is 2.02. The van der Waals surface area contributed by atoms with Gasteiger partial charge >= 0.3 is 5.97 Å². The highest BCUT2D eigenvalue weighted by molar-refractivity contribution is 5.75. The summed E-state index contributed by atoms with van der Waals surface area (Å²) in [7, 11) is 3.27. The van der Waals surface area contributed by atoms with Crippen LogP contribution >= 0.6 is 0 Å². The molecule has 0 rings (SSSR count). The summed E-state index contributed by atoms with van der Waals surface area (Å²) in [6.07, 6.45) is 0. The quantitative estimate of drug-likeness (QED) is 0.601. The minimum Gasteiger partial charge on any atom is -0.468 e. The van der Waals surface area contributed by atoms with Gasteiger partial charge in [-0.2, -0.15) is 0 Å². The van der Waals surface area contributed by atoms with Crippen molar-refractivity contribution in [3.8, 4) is 0 Å². The minimum absolute atomic E-state index is 0.359. The summed E-state index contributed by atoms with van der Waals surface area (Å²) in [6.45, 7) is 4.62. The maximum absolute atomic E-state index is 10.9. The zero-order chi connectivity index (χ0) is 9.72. The third-order valence-electron chi connectivity index (χ3n) is 1.87. The summed E-state index contributed by atoms with van der Waals surface area (Å²) in [6, 6.07) is -0.150. The zero-order valence-corrected chi connectivity index (χ0v) is 8.20. The lowest BCUT2D eigenvalue weighted by Crippen LogP contribution is -2.44. The fourth-order valence-electron chi connectivity index (χ4n) is 0.747. The Kier molecular flexibility index (Phi) is 4.85. The van der Waals surface area contributed by atoms with Crippen molar-refractivity contribution in [2.45, 2.75) is 25.9 Å². The molecule has 0 bridgehead atoms. The molecule has 1 unspecified atom stereocenters. The van der Waals surface area contributed by atoms with Crippen LogP contribution in [0.15, 0.2) is 0 Å². The molecule has 0 aromatic rings. The second-order valence-corrected chi connectivity index (χ2v) is 3.16. The lowest BCUT2D eigenvalue weighted by atomic mass is 10.2. The van der Waals surface area contributed by atoms with E-state index in [2.05, 4.69) is 4.74 Å². The predicted molar refractivity (Wildman–Crippen MR) is 47.8 cm³/mol. The molecule has 2 N–H and O–H groups in total. The number of hydrogen-bond donors (Lipinski definition) is 1. The van der Waals surface area contributed by atoms with Crippen LogP contribution in [0.1, 0.15) is 13.8 Å². The molecule has 0 saturated carbocycles. The molecule has 0 fully saturated rings. The lowest BCUT2D eigenvalue weighted by Gasteiger charge is -2.23. The van der Waals surface area contributed by atoms with Gasteiger partial charge in [0.25, 0.3) is 0 Å². The third kappa shape index (κ3) is 3.69. The van der Waals surface area contributed by atoms with Crippen LogP contribution < -0.4 is 5.73 Å². The fraction of sp³-hybridized carbons (Fsp3) is 0.875. The molecule has 4 heteroatoms. The summed E-state index contributed by atoms with van der Waals surface area (Å²) in [4.78, 5) is 12.9. The summed E-state index contributed by atoms with van der Waals surface area (Å²) >= 11 is 0. The number of nitrogens with zero attached hydrogens (tertiary/aromatic N) is 1. The molecule has 0 spiro atoms. The SMILES string of the molecule is COC(=O)C(N)CN(C)C(C)C. The van der Waals surface area contributed by atoms with Gasteiger partial charge in [0.15, 0.2) is 0 Å². The number of esters is 1. The van der Waals surface area contributed by atoms with Gasteiger partial charge in [-0.25, -0.2) is 0 Å². The van der Waals surface area contributed by atoms with Gasteiger partial charge in [0.1, 0.15) is 6.04 Å². The minimum atomic E-state index is -0.539. The maximum atomic E-state index is 10.9. The molecular weight excluding hydrogens is 156 g/mol. The van der Waals surface area contributed by atoms with Crippen molar-refractivity contribution in [2.24, 2.45) is 5.73 Å². The van der Waals surface area contributed by atoms with E-state index in [4.69, 9.17) is 5.73 Å².